The molecule has 1 heterocycles. The molecule has 0 aromatic heterocycles. The fourth-order valence-corrected chi connectivity index (χ4v) is 2.60. The average Bonchev–Trinajstić information content (AvgIpc) is 2.85. The van der Waals surface area contributed by atoms with Crippen LogP contribution in [0.25, 0.3) is 0 Å². The molecule has 0 aliphatic carbocycles. The number of nitrogens with one attached hydrogen (secondary N) is 1. The minimum Gasteiger partial charge on any atom is -0.492 e. The molecule has 120 valence electrons. The van der Waals surface area contributed by atoms with Crippen LogP contribution in [-0.2, 0) is 6.54 Å². The van der Waals surface area contributed by atoms with Crippen molar-refractivity contribution in [3.8, 4) is 5.75 Å². The molecule has 1 N–H and O–H groups in total. The van der Waals surface area contributed by atoms with Crippen molar-refractivity contribution in [3.63, 3.8) is 0 Å². The Morgan fingerprint density at radius 2 is 2.04 bits per heavy atom. The zero-order valence-corrected chi connectivity index (χ0v) is 14.2. The van der Waals surface area contributed by atoms with Crippen molar-refractivity contribution in [1.82, 2.24) is 0 Å². The Morgan fingerprint density at radius 3 is 2.70 bits per heavy atom. The van der Waals surface area contributed by atoms with E-state index in [0.717, 1.165) is 11.1 Å². The number of anilines is 1. The highest BCUT2D eigenvalue weighted by Gasteiger charge is 2.28. The zero-order valence-electron chi connectivity index (χ0n) is 12.5. The molecule has 2 aromatic rings. The van der Waals surface area contributed by atoms with E-state index in [-0.39, 0.29) is 22.7 Å². The molecular weight excluding hydrogens is 362 g/mol. The summed E-state index contributed by atoms with van der Waals surface area (Å²) in [4.78, 5) is 12.3. The van der Waals surface area contributed by atoms with Crippen LogP contribution in [0.5, 0.6) is 5.75 Å². The van der Waals surface area contributed by atoms with Crippen LogP contribution in [0.1, 0.15) is 18.1 Å². The zero-order chi connectivity index (χ0) is 15.7. The van der Waals surface area contributed by atoms with Gasteiger partial charge in [0.15, 0.2) is 0 Å². The molecule has 3 rings (SSSR count). The van der Waals surface area contributed by atoms with Crippen LogP contribution in [-0.4, -0.2) is 17.4 Å². The van der Waals surface area contributed by atoms with E-state index in [2.05, 4.69) is 0 Å². The number of rotatable bonds is 4. The second kappa shape index (κ2) is 6.78. The van der Waals surface area contributed by atoms with E-state index in [1.54, 1.807) is 11.0 Å². The Morgan fingerprint density at radius 1 is 1.30 bits per heavy atom. The number of ether oxygens (including phenoxy) is 1. The fourth-order valence-electron chi connectivity index (χ4n) is 2.60. The van der Waals surface area contributed by atoms with Gasteiger partial charge in [0.05, 0.1) is 23.8 Å². The molecule has 0 amide bonds. The highest BCUT2D eigenvalue weighted by molar-refractivity contribution is 8.93. The van der Waals surface area contributed by atoms with Gasteiger partial charge in [-0.15, -0.1) is 17.0 Å². The lowest BCUT2D eigenvalue weighted by atomic mass is 10.1. The van der Waals surface area contributed by atoms with Crippen LogP contribution in [0.4, 0.5) is 11.4 Å². The van der Waals surface area contributed by atoms with E-state index >= 15 is 0 Å². The van der Waals surface area contributed by atoms with Gasteiger partial charge in [-0.2, -0.15) is 0 Å². The molecule has 1 aliphatic heterocycles. The van der Waals surface area contributed by atoms with E-state index in [9.17, 15) is 10.1 Å². The van der Waals surface area contributed by atoms with Crippen molar-refractivity contribution < 1.29 is 9.66 Å². The van der Waals surface area contributed by atoms with Crippen LogP contribution in [0, 0.1) is 15.5 Å². The van der Waals surface area contributed by atoms with E-state index in [1.807, 2.05) is 31.2 Å². The molecule has 0 atom stereocenters. The number of nitro benzene ring substituents is 1. The quantitative estimate of drug-likeness (QED) is 0.646. The highest BCUT2D eigenvalue weighted by Crippen LogP contribution is 2.37. The van der Waals surface area contributed by atoms with Crippen molar-refractivity contribution in [2.75, 3.05) is 11.5 Å². The minimum absolute atomic E-state index is 0. The molecule has 0 fully saturated rings. The Hall–Kier alpha value is -2.41. The maximum Gasteiger partial charge on any atom is 0.271 e. The maximum absolute atomic E-state index is 11.0. The molecule has 0 spiro atoms. The third kappa shape index (κ3) is 3.05. The first kappa shape index (κ1) is 17.0. The normalized spacial score (nSPS) is 12.6. The Kier molecular flexibility index (Phi) is 5.00. The summed E-state index contributed by atoms with van der Waals surface area (Å²) >= 11 is 0. The van der Waals surface area contributed by atoms with Crippen LogP contribution >= 0.6 is 17.0 Å². The Labute approximate surface area is 144 Å². The van der Waals surface area contributed by atoms with Crippen molar-refractivity contribution >= 4 is 34.2 Å². The highest BCUT2D eigenvalue weighted by atomic mass is 79.9. The van der Waals surface area contributed by atoms with Gasteiger partial charge in [0.25, 0.3) is 5.69 Å². The summed E-state index contributed by atoms with van der Waals surface area (Å²) < 4.78 is 5.57. The molecule has 0 bridgehead atoms. The summed E-state index contributed by atoms with van der Waals surface area (Å²) in [6.07, 6.45) is 0. The molecular formula is C16H16BrN3O3. The van der Waals surface area contributed by atoms with E-state index in [4.69, 9.17) is 10.1 Å². The van der Waals surface area contributed by atoms with Gasteiger partial charge in [-0.1, -0.05) is 24.3 Å². The second-order valence-corrected chi connectivity index (χ2v) is 4.93. The maximum atomic E-state index is 11.0. The topological polar surface area (TPSA) is 79.5 Å². The number of nitrogens with zero attached hydrogens (tertiary/aromatic N) is 2. The predicted octanol–water partition coefficient (Wildman–Crippen LogP) is 3.92. The summed E-state index contributed by atoms with van der Waals surface area (Å²) in [6, 6.07) is 12.1. The minimum atomic E-state index is -0.438. The van der Waals surface area contributed by atoms with Crippen LogP contribution in [0.3, 0.4) is 0 Å². The summed E-state index contributed by atoms with van der Waals surface area (Å²) in [5.74, 6) is 0.878. The summed E-state index contributed by atoms with van der Waals surface area (Å²) in [7, 11) is 0. The largest absolute Gasteiger partial charge is 0.492 e. The molecule has 0 unspecified atom stereocenters. The van der Waals surface area contributed by atoms with Gasteiger partial charge in [-0.3, -0.25) is 15.5 Å². The van der Waals surface area contributed by atoms with E-state index in [0.29, 0.717) is 30.4 Å². The number of halogens is 1. The first-order chi connectivity index (χ1) is 10.6. The molecule has 0 radical (unpaired) electrons. The van der Waals surface area contributed by atoms with E-state index in [1.165, 1.54) is 12.1 Å². The molecule has 6 nitrogen and oxygen atoms in total. The number of amidine groups is 1. The molecule has 0 saturated carbocycles. The van der Waals surface area contributed by atoms with Crippen molar-refractivity contribution in [2.45, 2.75) is 13.5 Å². The first-order valence-electron chi connectivity index (χ1n) is 6.97. The smallest absolute Gasteiger partial charge is 0.271 e. The van der Waals surface area contributed by atoms with Gasteiger partial charge in [-0.25, -0.2) is 0 Å². The van der Waals surface area contributed by atoms with Crippen molar-refractivity contribution in [2.24, 2.45) is 0 Å². The monoisotopic (exact) mass is 377 g/mol. The third-order valence-corrected chi connectivity index (χ3v) is 3.61. The van der Waals surface area contributed by atoms with Crippen molar-refractivity contribution in [1.29, 1.82) is 5.41 Å². The molecule has 0 saturated heterocycles. The summed E-state index contributed by atoms with van der Waals surface area (Å²) in [6.45, 7) is 2.82. The number of fused-ring (bicyclic) bond motifs is 1. The van der Waals surface area contributed by atoms with Crippen LogP contribution < -0.4 is 9.64 Å². The van der Waals surface area contributed by atoms with Gasteiger partial charge in [0.1, 0.15) is 11.6 Å². The molecule has 7 heteroatoms. The molecule has 23 heavy (non-hydrogen) atoms. The SMILES string of the molecule is Br.CCOc1ccc([N+](=O)[O-])cc1N1Cc2ccccc2C1=N. The number of hydrogen-bond donors (Lipinski definition) is 1. The molecule has 1 aliphatic rings. The van der Waals surface area contributed by atoms with E-state index < -0.39 is 4.92 Å². The second-order valence-electron chi connectivity index (χ2n) is 4.93. The van der Waals surface area contributed by atoms with Crippen LogP contribution in [0.15, 0.2) is 42.5 Å². The lowest BCUT2D eigenvalue weighted by Crippen LogP contribution is -2.23. The number of nitro groups is 1. The number of non-ortho nitro benzene ring substituents is 1. The van der Waals surface area contributed by atoms with Gasteiger partial charge in [0, 0.05) is 17.7 Å². The Bertz CT molecular complexity index is 764. The third-order valence-electron chi connectivity index (χ3n) is 3.61. The van der Waals surface area contributed by atoms with Crippen LogP contribution in [0.2, 0.25) is 0 Å². The lowest BCUT2D eigenvalue weighted by molar-refractivity contribution is -0.384. The van der Waals surface area contributed by atoms with Gasteiger partial charge in [-0.05, 0) is 18.6 Å². The lowest BCUT2D eigenvalue weighted by Gasteiger charge is -2.21. The van der Waals surface area contributed by atoms with Gasteiger partial charge in [0.2, 0.25) is 0 Å². The number of hydrogen-bond acceptors (Lipinski definition) is 4. The Balaban J connectivity index is 0.00000192. The standard InChI is InChI=1S/C16H15N3O3.BrH/c1-2-22-15-8-7-12(19(20)21)9-14(15)18-10-11-5-3-4-6-13(11)16(18)17;/h3-9,17H,2,10H2,1H3;1H. The van der Waals surface area contributed by atoms with Gasteiger partial charge >= 0.3 is 0 Å². The molecule has 2 aromatic carbocycles. The van der Waals surface area contributed by atoms with Gasteiger partial charge < -0.3 is 9.64 Å². The summed E-state index contributed by atoms with van der Waals surface area (Å²) in [5.41, 5.74) is 2.41. The van der Waals surface area contributed by atoms with Crippen molar-refractivity contribution in [3.05, 3.63) is 63.7 Å². The summed E-state index contributed by atoms with van der Waals surface area (Å²) in [5, 5.41) is 19.4. The fraction of sp³-hybridized carbons (Fsp3) is 0.188. The number of benzene rings is 2. The first-order valence-corrected chi connectivity index (χ1v) is 6.97. The average molecular weight is 378 g/mol. The predicted molar refractivity (Wildman–Crippen MR) is 94.0 cm³/mol.